The minimum Gasteiger partial charge on any atom is -0.325 e. The summed E-state index contributed by atoms with van der Waals surface area (Å²) in [6.07, 6.45) is 4.82. The van der Waals surface area contributed by atoms with Crippen molar-refractivity contribution in [3.63, 3.8) is 0 Å². The first-order valence-corrected chi connectivity index (χ1v) is 9.71. The molecule has 2 aromatic heterocycles. The molecule has 1 aliphatic heterocycles. The highest BCUT2D eigenvalue weighted by atomic mass is 19.1. The Hall–Kier alpha value is -3.06. The number of pyridine rings is 1. The molecule has 150 valence electrons. The number of nitrogens with zero attached hydrogens (tertiary/aromatic N) is 4. The molecule has 1 aromatic carbocycles. The van der Waals surface area contributed by atoms with E-state index >= 15 is 0 Å². The average Bonchev–Trinajstić information content (AvgIpc) is 3.32. The first-order valence-electron chi connectivity index (χ1n) is 9.71. The fourth-order valence-corrected chi connectivity index (χ4v) is 3.79. The molecule has 0 saturated carbocycles. The SMILES string of the molecule is Cc1cc(-c2cnn(C)c2)cc(C2CCN(CC(=O)Nc3ccc(F)cc3)C2)n1. The van der Waals surface area contributed by atoms with Gasteiger partial charge in [0.05, 0.1) is 12.7 Å². The molecule has 1 atom stereocenters. The van der Waals surface area contributed by atoms with E-state index in [1.807, 2.05) is 26.4 Å². The van der Waals surface area contributed by atoms with E-state index in [1.54, 1.807) is 16.8 Å². The summed E-state index contributed by atoms with van der Waals surface area (Å²) in [4.78, 5) is 19.2. The number of hydrogen-bond donors (Lipinski definition) is 1. The molecule has 1 unspecified atom stereocenters. The van der Waals surface area contributed by atoms with Gasteiger partial charge in [-0.2, -0.15) is 5.10 Å². The fourth-order valence-electron chi connectivity index (χ4n) is 3.79. The topological polar surface area (TPSA) is 63.1 Å². The van der Waals surface area contributed by atoms with E-state index in [9.17, 15) is 9.18 Å². The maximum Gasteiger partial charge on any atom is 0.238 e. The maximum atomic E-state index is 13.0. The van der Waals surface area contributed by atoms with Crippen LogP contribution in [0.2, 0.25) is 0 Å². The smallest absolute Gasteiger partial charge is 0.238 e. The molecule has 1 amide bonds. The predicted molar refractivity (Wildman–Crippen MR) is 110 cm³/mol. The zero-order valence-corrected chi connectivity index (χ0v) is 16.6. The summed E-state index contributed by atoms with van der Waals surface area (Å²) < 4.78 is 14.8. The van der Waals surface area contributed by atoms with Crippen LogP contribution in [0.3, 0.4) is 0 Å². The van der Waals surface area contributed by atoms with Crippen molar-refractivity contribution in [2.45, 2.75) is 19.3 Å². The molecular formula is C22H24FN5O. The van der Waals surface area contributed by atoms with E-state index in [1.165, 1.54) is 12.1 Å². The number of benzene rings is 1. The number of hydrogen-bond acceptors (Lipinski definition) is 4. The van der Waals surface area contributed by atoms with Gasteiger partial charge in [0.15, 0.2) is 0 Å². The largest absolute Gasteiger partial charge is 0.325 e. The lowest BCUT2D eigenvalue weighted by Gasteiger charge is -2.16. The standard InChI is InChI=1S/C22H24FN5O/c1-15-9-17(18-11-24-27(2)12-18)10-21(25-15)16-7-8-28(13-16)14-22(29)26-20-5-3-19(23)4-6-20/h3-6,9-12,16H,7-8,13-14H2,1-2H3,(H,26,29). The lowest BCUT2D eigenvalue weighted by atomic mass is 10.00. The Morgan fingerprint density at radius 1 is 1.24 bits per heavy atom. The summed E-state index contributed by atoms with van der Waals surface area (Å²) in [5, 5.41) is 7.08. The Balaban J connectivity index is 1.40. The van der Waals surface area contributed by atoms with Gasteiger partial charge < -0.3 is 5.32 Å². The highest BCUT2D eigenvalue weighted by Crippen LogP contribution is 2.29. The second-order valence-electron chi connectivity index (χ2n) is 7.60. The van der Waals surface area contributed by atoms with Gasteiger partial charge in [-0.1, -0.05) is 0 Å². The van der Waals surface area contributed by atoms with Crippen molar-refractivity contribution in [1.29, 1.82) is 0 Å². The highest BCUT2D eigenvalue weighted by molar-refractivity contribution is 5.92. The van der Waals surface area contributed by atoms with Gasteiger partial charge in [-0.25, -0.2) is 4.39 Å². The number of nitrogens with one attached hydrogen (secondary N) is 1. The fraction of sp³-hybridized carbons (Fsp3) is 0.318. The lowest BCUT2D eigenvalue weighted by molar-refractivity contribution is -0.117. The maximum absolute atomic E-state index is 13.0. The monoisotopic (exact) mass is 393 g/mol. The summed E-state index contributed by atoms with van der Waals surface area (Å²) in [5.41, 5.74) is 4.84. The van der Waals surface area contributed by atoms with Gasteiger partial charge in [0.1, 0.15) is 5.82 Å². The Bertz CT molecular complexity index is 1010. The summed E-state index contributed by atoms with van der Waals surface area (Å²) >= 11 is 0. The van der Waals surface area contributed by atoms with Crippen molar-refractivity contribution in [2.24, 2.45) is 7.05 Å². The Morgan fingerprint density at radius 2 is 2.03 bits per heavy atom. The highest BCUT2D eigenvalue weighted by Gasteiger charge is 2.26. The first-order chi connectivity index (χ1) is 14.0. The van der Waals surface area contributed by atoms with Crippen LogP contribution in [0, 0.1) is 12.7 Å². The third-order valence-corrected chi connectivity index (χ3v) is 5.20. The molecule has 0 radical (unpaired) electrons. The minimum absolute atomic E-state index is 0.0921. The summed E-state index contributed by atoms with van der Waals surface area (Å²) in [6, 6.07) is 10.0. The number of halogens is 1. The van der Waals surface area contributed by atoms with E-state index < -0.39 is 0 Å². The number of aromatic nitrogens is 3. The van der Waals surface area contributed by atoms with Crippen molar-refractivity contribution in [3.05, 3.63) is 66.0 Å². The Labute approximate surface area is 169 Å². The molecule has 1 fully saturated rings. The van der Waals surface area contributed by atoms with Gasteiger partial charge in [0.2, 0.25) is 5.91 Å². The quantitative estimate of drug-likeness (QED) is 0.722. The normalized spacial score (nSPS) is 16.9. The Kier molecular flexibility index (Phi) is 5.40. The van der Waals surface area contributed by atoms with Gasteiger partial charge >= 0.3 is 0 Å². The number of amides is 1. The van der Waals surface area contributed by atoms with Crippen LogP contribution in [0.5, 0.6) is 0 Å². The van der Waals surface area contributed by atoms with Gasteiger partial charge in [-0.05, 0) is 61.9 Å². The van der Waals surface area contributed by atoms with Gasteiger partial charge in [-0.3, -0.25) is 19.4 Å². The number of likely N-dealkylation sites (tertiary alicyclic amines) is 1. The zero-order valence-electron chi connectivity index (χ0n) is 16.6. The van der Waals surface area contributed by atoms with Crippen LogP contribution in [-0.2, 0) is 11.8 Å². The van der Waals surface area contributed by atoms with Crippen molar-refractivity contribution >= 4 is 11.6 Å². The second-order valence-corrected chi connectivity index (χ2v) is 7.60. The minimum atomic E-state index is -0.318. The van der Waals surface area contributed by atoms with Gasteiger partial charge in [-0.15, -0.1) is 0 Å². The van der Waals surface area contributed by atoms with Gasteiger partial charge in [0.25, 0.3) is 0 Å². The summed E-state index contributed by atoms with van der Waals surface area (Å²) in [6.45, 7) is 3.96. The predicted octanol–water partition coefficient (Wildman–Crippen LogP) is 3.36. The molecule has 7 heteroatoms. The van der Waals surface area contributed by atoms with Crippen LogP contribution in [0.1, 0.15) is 23.7 Å². The lowest BCUT2D eigenvalue weighted by Crippen LogP contribution is -2.31. The number of aryl methyl sites for hydroxylation is 2. The molecule has 3 aromatic rings. The number of anilines is 1. The van der Waals surface area contributed by atoms with E-state index in [0.717, 1.165) is 42.0 Å². The molecule has 0 aliphatic carbocycles. The summed E-state index contributed by atoms with van der Waals surface area (Å²) in [5.74, 6) is -0.115. The molecule has 1 N–H and O–H groups in total. The molecular weight excluding hydrogens is 369 g/mol. The van der Waals surface area contributed by atoms with Crippen LogP contribution in [0.15, 0.2) is 48.8 Å². The van der Waals surface area contributed by atoms with Crippen LogP contribution < -0.4 is 5.32 Å². The molecule has 1 saturated heterocycles. The molecule has 3 heterocycles. The molecule has 1 aliphatic rings. The van der Waals surface area contributed by atoms with E-state index in [0.29, 0.717) is 18.2 Å². The van der Waals surface area contributed by atoms with E-state index in [2.05, 4.69) is 27.4 Å². The van der Waals surface area contributed by atoms with E-state index in [-0.39, 0.29) is 11.7 Å². The third kappa shape index (κ3) is 4.68. The van der Waals surface area contributed by atoms with Crippen LogP contribution in [0.4, 0.5) is 10.1 Å². The molecule has 6 nitrogen and oxygen atoms in total. The number of carbonyl (C=O) groups is 1. The van der Waals surface area contributed by atoms with Crippen LogP contribution in [0.25, 0.3) is 11.1 Å². The van der Waals surface area contributed by atoms with Gasteiger partial charge in [0, 0.05) is 48.3 Å². The van der Waals surface area contributed by atoms with Crippen molar-refractivity contribution in [2.75, 3.05) is 25.0 Å². The average molecular weight is 393 g/mol. The molecule has 0 bridgehead atoms. The molecule has 0 spiro atoms. The number of rotatable bonds is 5. The third-order valence-electron chi connectivity index (χ3n) is 5.20. The van der Waals surface area contributed by atoms with Crippen molar-refractivity contribution in [1.82, 2.24) is 19.7 Å². The summed E-state index contributed by atoms with van der Waals surface area (Å²) in [7, 11) is 1.91. The van der Waals surface area contributed by atoms with Crippen LogP contribution in [-0.4, -0.2) is 45.2 Å². The van der Waals surface area contributed by atoms with Crippen LogP contribution >= 0.6 is 0 Å². The van der Waals surface area contributed by atoms with E-state index in [4.69, 9.17) is 4.98 Å². The number of carbonyl (C=O) groups excluding carboxylic acids is 1. The van der Waals surface area contributed by atoms with Crippen molar-refractivity contribution < 1.29 is 9.18 Å². The molecule has 29 heavy (non-hydrogen) atoms. The second kappa shape index (κ2) is 8.13. The van der Waals surface area contributed by atoms with Crippen molar-refractivity contribution in [3.8, 4) is 11.1 Å². The Morgan fingerprint density at radius 3 is 2.76 bits per heavy atom. The molecule has 4 rings (SSSR count). The zero-order chi connectivity index (χ0) is 20.4. The first kappa shape index (κ1) is 19.3.